The Balaban J connectivity index is 3.03. The highest BCUT2D eigenvalue weighted by Crippen LogP contribution is 2.17. The van der Waals surface area contributed by atoms with Crippen molar-refractivity contribution in [2.24, 2.45) is 5.11 Å². The summed E-state index contributed by atoms with van der Waals surface area (Å²) in [4.78, 5) is 17.2. The molecule has 0 atom stereocenters. The van der Waals surface area contributed by atoms with E-state index in [0.717, 1.165) is 16.8 Å². The molecule has 1 N–H and O–H groups in total. The Labute approximate surface area is 105 Å². The van der Waals surface area contributed by atoms with Crippen molar-refractivity contribution in [2.75, 3.05) is 13.2 Å². The minimum Gasteiger partial charge on any atom is -0.461 e. The van der Waals surface area contributed by atoms with Gasteiger partial charge in [-0.1, -0.05) is 17.0 Å². The van der Waals surface area contributed by atoms with Crippen molar-refractivity contribution in [3.63, 3.8) is 0 Å². The lowest BCUT2D eigenvalue weighted by molar-refractivity contribution is 0.0519. The van der Waals surface area contributed by atoms with Gasteiger partial charge in [-0.15, -0.1) is 0 Å². The molecular formula is C12H14N4O2. The Kier molecular flexibility index (Phi) is 4.85. The smallest absolute Gasteiger partial charge is 0.355 e. The third kappa shape index (κ3) is 3.06. The molecule has 0 spiro atoms. The summed E-state index contributed by atoms with van der Waals surface area (Å²) < 4.78 is 4.94. The molecule has 0 amide bonds. The van der Waals surface area contributed by atoms with Gasteiger partial charge in [0.25, 0.3) is 0 Å². The number of ether oxygens (including phenoxy) is 1. The highest BCUT2D eigenvalue weighted by Gasteiger charge is 2.16. The average molecular weight is 246 g/mol. The zero-order chi connectivity index (χ0) is 13.5. The molecule has 6 nitrogen and oxygen atoms in total. The van der Waals surface area contributed by atoms with E-state index < -0.39 is 0 Å². The molecule has 0 saturated heterocycles. The Morgan fingerprint density at radius 1 is 1.56 bits per heavy atom. The first-order valence-electron chi connectivity index (χ1n) is 5.47. The maximum atomic E-state index is 11.6. The molecule has 0 radical (unpaired) electrons. The lowest BCUT2D eigenvalue weighted by Gasteiger charge is -1.99. The van der Waals surface area contributed by atoms with Gasteiger partial charge in [0.2, 0.25) is 0 Å². The van der Waals surface area contributed by atoms with E-state index in [4.69, 9.17) is 10.3 Å². The first-order chi connectivity index (χ1) is 8.61. The molecule has 1 aromatic heterocycles. The maximum absolute atomic E-state index is 11.6. The number of aromatic amines is 1. The molecule has 0 aliphatic heterocycles. The van der Waals surface area contributed by atoms with E-state index in [1.54, 1.807) is 13.8 Å². The summed E-state index contributed by atoms with van der Waals surface area (Å²) in [5.74, 6) is 5.22. The summed E-state index contributed by atoms with van der Waals surface area (Å²) in [7, 11) is 0. The molecular weight excluding hydrogens is 232 g/mol. The van der Waals surface area contributed by atoms with Gasteiger partial charge in [0, 0.05) is 16.2 Å². The number of nitrogens with zero attached hydrogens (tertiary/aromatic N) is 3. The first-order valence-corrected chi connectivity index (χ1v) is 5.47. The standard InChI is InChI=1S/C12H14N4O2/c1-4-18-12(17)11-8(2)10(9(3)15-11)6-5-7-14-16-13/h15H,4,7H2,1-3H3. The summed E-state index contributed by atoms with van der Waals surface area (Å²) in [5.41, 5.74) is 10.8. The quantitative estimate of drug-likeness (QED) is 0.292. The van der Waals surface area contributed by atoms with Crippen molar-refractivity contribution < 1.29 is 9.53 Å². The number of H-pyrrole nitrogens is 1. The van der Waals surface area contributed by atoms with Crippen molar-refractivity contribution in [1.29, 1.82) is 0 Å². The molecule has 1 rings (SSSR count). The van der Waals surface area contributed by atoms with Gasteiger partial charge in [-0.25, -0.2) is 4.79 Å². The molecule has 0 aliphatic carbocycles. The van der Waals surface area contributed by atoms with Crippen LogP contribution < -0.4 is 0 Å². The van der Waals surface area contributed by atoms with Crippen LogP contribution in [0.2, 0.25) is 0 Å². The number of aryl methyl sites for hydroxylation is 1. The third-order valence-corrected chi connectivity index (χ3v) is 2.34. The van der Waals surface area contributed by atoms with Crippen LogP contribution in [0.15, 0.2) is 5.11 Å². The molecule has 6 heteroatoms. The Morgan fingerprint density at radius 3 is 2.89 bits per heavy atom. The fraction of sp³-hybridized carbons (Fsp3) is 0.417. The van der Waals surface area contributed by atoms with Crippen molar-refractivity contribution in [3.05, 3.63) is 33.0 Å². The van der Waals surface area contributed by atoms with Crippen LogP contribution in [-0.2, 0) is 4.74 Å². The van der Waals surface area contributed by atoms with Crippen molar-refractivity contribution in [2.45, 2.75) is 20.8 Å². The van der Waals surface area contributed by atoms with Crippen molar-refractivity contribution in [1.82, 2.24) is 4.98 Å². The van der Waals surface area contributed by atoms with E-state index in [2.05, 4.69) is 26.9 Å². The summed E-state index contributed by atoms with van der Waals surface area (Å²) in [6.45, 7) is 5.81. The Bertz CT molecular complexity index is 557. The molecule has 0 bridgehead atoms. The number of hydrogen-bond acceptors (Lipinski definition) is 3. The minimum atomic E-state index is -0.388. The van der Waals surface area contributed by atoms with E-state index in [9.17, 15) is 4.79 Å². The average Bonchev–Trinajstić information content (AvgIpc) is 2.62. The lowest BCUT2D eigenvalue weighted by Crippen LogP contribution is -2.06. The first kappa shape index (κ1) is 13.7. The van der Waals surface area contributed by atoms with Crippen LogP contribution in [0.4, 0.5) is 0 Å². The maximum Gasteiger partial charge on any atom is 0.355 e. The number of carbonyl (C=O) groups excluding carboxylic acids is 1. The van der Waals surface area contributed by atoms with Gasteiger partial charge in [-0.2, -0.15) is 0 Å². The van der Waals surface area contributed by atoms with E-state index in [1.807, 2.05) is 6.92 Å². The SMILES string of the molecule is CCOC(=O)c1[nH]c(C)c(C#CCN=[N+]=[N-])c1C. The summed E-state index contributed by atoms with van der Waals surface area (Å²) in [5, 5.41) is 3.32. The zero-order valence-electron chi connectivity index (χ0n) is 10.6. The van der Waals surface area contributed by atoms with Crippen LogP contribution in [0.25, 0.3) is 10.4 Å². The summed E-state index contributed by atoms with van der Waals surface area (Å²) >= 11 is 0. The van der Waals surface area contributed by atoms with Crippen LogP contribution in [-0.4, -0.2) is 24.1 Å². The van der Waals surface area contributed by atoms with Gasteiger partial charge < -0.3 is 9.72 Å². The highest BCUT2D eigenvalue weighted by atomic mass is 16.5. The monoisotopic (exact) mass is 246 g/mol. The summed E-state index contributed by atoms with van der Waals surface area (Å²) in [6, 6.07) is 0. The summed E-state index contributed by atoms with van der Waals surface area (Å²) in [6.07, 6.45) is 0. The Morgan fingerprint density at radius 2 is 2.28 bits per heavy atom. The van der Waals surface area contributed by atoms with Crippen LogP contribution in [0.1, 0.15) is 34.2 Å². The number of hydrogen-bond donors (Lipinski definition) is 1. The van der Waals surface area contributed by atoms with Gasteiger partial charge in [0.15, 0.2) is 0 Å². The zero-order valence-corrected chi connectivity index (χ0v) is 10.6. The van der Waals surface area contributed by atoms with Crippen LogP contribution >= 0.6 is 0 Å². The lowest BCUT2D eigenvalue weighted by atomic mass is 10.1. The molecule has 1 heterocycles. The van der Waals surface area contributed by atoms with Crippen LogP contribution in [0, 0.1) is 25.7 Å². The number of azide groups is 1. The van der Waals surface area contributed by atoms with Gasteiger partial charge >= 0.3 is 5.97 Å². The van der Waals surface area contributed by atoms with E-state index >= 15 is 0 Å². The second-order valence-corrected chi connectivity index (χ2v) is 3.54. The molecule has 0 aliphatic rings. The van der Waals surface area contributed by atoms with E-state index in [0.29, 0.717) is 12.3 Å². The largest absolute Gasteiger partial charge is 0.461 e. The number of carbonyl (C=O) groups is 1. The van der Waals surface area contributed by atoms with Crippen LogP contribution in [0.5, 0.6) is 0 Å². The molecule has 18 heavy (non-hydrogen) atoms. The normalized spacial score (nSPS) is 9.06. The second-order valence-electron chi connectivity index (χ2n) is 3.54. The fourth-order valence-corrected chi connectivity index (χ4v) is 1.54. The van der Waals surface area contributed by atoms with Gasteiger partial charge in [-0.05, 0) is 31.9 Å². The number of nitrogens with one attached hydrogen (secondary N) is 1. The highest BCUT2D eigenvalue weighted by molar-refractivity contribution is 5.90. The fourth-order valence-electron chi connectivity index (χ4n) is 1.54. The van der Waals surface area contributed by atoms with Crippen LogP contribution in [0.3, 0.4) is 0 Å². The number of rotatable bonds is 3. The predicted molar refractivity (Wildman–Crippen MR) is 67.1 cm³/mol. The molecule has 94 valence electrons. The third-order valence-electron chi connectivity index (χ3n) is 2.34. The van der Waals surface area contributed by atoms with Gasteiger partial charge in [-0.3, -0.25) is 0 Å². The molecule has 0 saturated carbocycles. The predicted octanol–water partition coefficient (Wildman–Crippen LogP) is 2.47. The Hall–Kier alpha value is -2.38. The van der Waals surface area contributed by atoms with E-state index in [1.165, 1.54) is 0 Å². The minimum absolute atomic E-state index is 0.106. The number of esters is 1. The molecule has 1 aromatic rings. The molecule has 0 aromatic carbocycles. The van der Waals surface area contributed by atoms with Crippen molar-refractivity contribution >= 4 is 5.97 Å². The van der Waals surface area contributed by atoms with Crippen molar-refractivity contribution in [3.8, 4) is 11.8 Å². The second kappa shape index (κ2) is 6.38. The number of aromatic nitrogens is 1. The van der Waals surface area contributed by atoms with Gasteiger partial charge in [0.05, 0.1) is 13.2 Å². The van der Waals surface area contributed by atoms with Gasteiger partial charge in [0.1, 0.15) is 5.69 Å². The van der Waals surface area contributed by atoms with E-state index in [-0.39, 0.29) is 12.5 Å². The topological polar surface area (TPSA) is 90.9 Å². The molecule has 0 unspecified atom stereocenters. The molecule has 0 fully saturated rings.